The van der Waals surface area contributed by atoms with Gasteiger partial charge >= 0.3 is 0 Å². The minimum atomic E-state index is -0.259. The molecule has 3 heterocycles. The second kappa shape index (κ2) is 6.37. The Morgan fingerprint density at radius 3 is 2.91 bits per heavy atom. The van der Waals surface area contributed by atoms with E-state index >= 15 is 0 Å². The van der Waals surface area contributed by atoms with Crippen LogP contribution >= 0.6 is 0 Å². The molecule has 2 aromatic rings. The van der Waals surface area contributed by atoms with E-state index in [4.69, 9.17) is 4.74 Å². The van der Waals surface area contributed by atoms with Crippen molar-refractivity contribution in [3.63, 3.8) is 0 Å². The highest BCUT2D eigenvalue weighted by molar-refractivity contribution is 5.88. The highest BCUT2D eigenvalue weighted by Gasteiger charge is 2.29. The van der Waals surface area contributed by atoms with Gasteiger partial charge in [-0.2, -0.15) is 0 Å². The molecule has 6 heteroatoms. The van der Waals surface area contributed by atoms with Gasteiger partial charge < -0.3 is 10.1 Å². The molecule has 4 rings (SSSR count). The minimum absolute atomic E-state index is 0.259. The first-order chi connectivity index (χ1) is 11.3. The normalized spacial score (nSPS) is 23.4. The van der Waals surface area contributed by atoms with E-state index < -0.39 is 0 Å². The van der Waals surface area contributed by atoms with Crippen molar-refractivity contribution in [3.8, 4) is 0 Å². The summed E-state index contributed by atoms with van der Waals surface area (Å²) in [6, 6.07) is 5.61. The van der Waals surface area contributed by atoms with E-state index in [1.807, 2.05) is 0 Å². The van der Waals surface area contributed by atoms with Gasteiger partial charge in [-0.3, -0.25) is 4.90 Å². The van der Waals surface area contributed by atoms with Crippen molar-refractivity contribution >= 4 is 16.7 Å². The lowest BCUT2D eigenvalue weighted by atomic mass is 10.1. The van der Waals surface area contributed by atoms with Crippen LogP contribution in [0.2, 0.25) is 0 Å². The Morgan fingerprint density at radius 2 is 2.04 bits per heavy atom. The zero-order chi connectivity index (χ0) is 15.6. The monoisotopic (exact) mass is 316 g/mol. The molecule has 1 N–H and O–H groups in total. The van der Waals surface area contributed by atoms with Crippen LogP contribution in [0.3, 0.4) is 0 Å². The Labute approximate surface area is 134 Å². The van der Waals surface area contributed by atoms with E-state index in [1.54, 1.807) is 6.07 Å². The predicted molar refractivity (Wildman–Crippen MR) is 86.9 cm³/mol. The van der Waals surface area contributed by atoms with Crippen LogP contribution in [0.4, 0.5) is 10.2 Å². The topological polar surface area (TPSA) is 50.3 Å². The molecule has 1 atom stereocenters. The lowest BCUT2D eigenvalue weighted by Gasteiger charge is -2.31. The number of likely N-dealkylation sites (tertiary alicyclic amines) is 1. The van der Waals surface area contributed by atoms with Crippen LogP contribution in [0, 0.1) is 5.82 Å². The van der Waals surface area contributed by atoms with Gasteiger partial charge in [0.05, 0.1) is 5.52 Å². The van der Waals surface area contributed by atoms with Crippen LogP contribution in [-0.2, 0) is 4.74 Å². The van der Waals surface area contributed by atoms with Crippen molar-refractivity contribution in [3.05, 3.63) is 30.3 Å². The van der Waals surface area contributed by atoms with Gasteiger partial charge in [0.2, 0.25) is 0 Å². The molecule has 1 unspecified atom stereocenters. The van der Waals surface area contributed by atoms with Crippen molar-refractivity contribution in [2.24, 2.45) is 0 Å². The largest absolute Gasteiger partial charge is 0.381 e. The van der Waals surface area contributed by atoms with Crippen LogP contribution < -0.4 is 5.32 Å². The van der Waals surface area contributed by atoms with E-state index in [1.165, 1.54) is 18.5 Å². The maximum atomic E-state index is 13.5. The molecule has 0 amide bonds. The highest BCUT2D eigenvalue weighted by Crippen LogP contribution is 2.25. The average molecular weight is 316 g/mol. The lowest BCUT2D eigenvalue weighted by molar-refractivity contribution is 0.0421. The first-order valence-electron chi connectivity index (χ1n) is 8.28. The van der Waals surface area contributed by atoms with E-state index in [0.717, 1.165) is 62.3 Å². The summed E-state index contributed by atoms with van der Waals surface area (Å²) in [6.07, 6.45) is 4.86. The number of ether oxygens (including phenoxy) is 1. The number of anilines is 1. The van der Waals surface area contributed by atoms with Crippen molar-refractivity contribution in [2.45, 2.75) is 31.3 Å². The maximum Gasteiger partial charge on any atom is 0.137 e. The third kappa shape index (κ3) is 3.14. The average Bonchev–Trinajstić information content (AvgIpc) is 3.05. The molecule has 2 aliphatic heterocycles. The molecule has 2 fully saturated rings. The third-order valence-electron chi connectivity index (χ3n) is 4.87. The van der Waals surface area contributed by atoms with Crippen molar-refractivity contribution in [1.29, 1.82) is 0 Å². The van der Waals surface area contributed by atoms with E-state index in [0.29, 0.717) is 12.1 Å². The number of rotatable bonds is 3. The molecule has 2 saturated heterocycles. The van der Waals surface area contributed by atoms with Crippen LogP contribution in [0.1, 0.15) is 19.3 Å². The van der Waals surface area contributed by atoms with Gasteiger partial charge in [-0.15, -0.1) is 0 Å². The number of hydrogen-bond donors (Lipinski definition) is 1. The fourth-order valence-electron chi connectivity index (χ4n) is 3.62. The van der Waals surface area contributed by atoms with E-state index in [-0.39, 0.29) is 5.82 Å². The fourth-order valence-corrected chi connectivity index (χ4v) is 3.62. The van der Waals surface area contributed by atoms with Crippen LogP contribution in [0.15, 0.2) is 24.5 Å². The second-order valence-electron chi connectivity index (χ2n) is 6.35. The molecule has 2 aliphatic rings. The SMILES string of the molecule is Fc1ccc2ncnc(NC3CCN(C4CCOCC4)C3)c2c1. The highest BCUT2D eigenvalue weighted by atomic mass is 19.1. The van der Waals surface area contributed by atoms with Gasteiger partial charge in [0, 0.05) is 43.8 Å². The van der Waals surface area contributed by atoms with Crippen LogP contribution in [0.5, 0.6) is 0 Å². The van der Waals surface area contributed by atoms with Gasteiger partial charge in [-0.25, -0.2) is 14.4 Å². The minimum Gasteiger partial charge on any atom is -0.381 e. The molecular formula is C17H21FN4O. The summed E-state index contributed by atoms with van der Waals surface area (Å²) in [6.45, 7) is 3.84. The summed E-state index contributed by atoms with van der Waals surface area (Å²) in [4.78, 5) is 11.1. The lowest BCUT2D eigenvalue weighted by Crippen LogP contribution is -2.39. The van der Waals surface area contributed by atoms with Crippen molar-refractivity contribution in [1.82, 2.24) is 14.9 Å². The molecule has 0 aliphatic carbocycles. The van der Waals surface area contributed by atoms with E-state index in [2.05, 4.69) is 20.2 Å². The summed E-state index contributed by atoms with van der Waals surface area (Å²) in [7, 11) is 0. The number of nitrogens with zero attached hydrogens (tertiary/aromatic N) is 3. The molecule has 0 radical (unpaired) electrons. The van der Waals surface area contributed by atoms with Gasteiger partial charge in [0.25, 0.3) is 0 Å². The molecular weight excluding hydrogens is 295 g/mol. The Bertz CT molecular complexity index is 689. The van der Waals surface area contributed by atoms with Crippen molar-refractivity contribution < 1.29 is 9.13 Å². The van der Waals surface area contributed by atoms with E-state index in [9.17, 15) is 4.39 Å². The quantitative estimate of drug-likeness (QED) is 0.942. The molecule has 122 valence electrons. The molecule has 1 aromatic heterocycles. The number of nitrogens with one attached hydrogen (secondary N) is 1. The summed E-state index contributed by atoms with van der Waals surface area (Å²) >= 11 is 0. The summed E-state index contributed by atoms with van der Waals surface area (Å²) in [5.74, 6) is 0.471. The molecule has 23 heavy (non-hydrogen) atoms. The zero-order valence-corrected chi connectivity index (χ0v) is 13.0. The van der Waals surface area contributed by atoms with Crippen LogP contribution in [-0.4, -0.2) is 53.3 Å². The maximum absolute atomic E-state index is 13.5. The second-order valence-corrected chi connectivity index (χ2v) is 6.35. The molecule has 0 spiro atoms. The number of aromatic nitrogens is 2. The zero-order valence-electron chi connectivity index (χ0n) is 13.0. The smallest absolute Gasteiger partial charge is 0.137 e. The Kier molecular flexibility index (Phi) is 4.10. The van der Waals surface area contributed by atoms with Gasteiger partial charge in [0.15, 0.2) is 0 Å². The molecule has 0 bridgehead atoms. The number of benzene rings is 1. The van der Waals surface area contributed by atoms with Crippen molar-refractivity contribution in [2.75, 3.05) is 31.6 Å². The summed E-state index contributed by atoms with van der Waals surface area (Å²) in [5, 5.41) is 4.24. The molecule has 0 saturated carbocycles. The Morgan fingerprint density at radius 1 is 1.17 bits per heavy atom. The standard InChI is InChI=1S/C17H21FN4O/c18-12-1-2-16-15(9-12)17(20-11-19-16)21-13-3-6-22(10-13)14-4-7-23-8-5-14/h1-2,9,11,13-14H,3-8,10H2,(H,19,20,21). The Balaban J connectivity index is 1.47. The van der Waals surface area contributed by atoms with Gasteiger partial charge in [-0.05, 0) is 37.5 Å². The number of halogens is 1. The number of hydrogen-bond acceptors (Lipinski definition) is 5. The Hall–Kier alpha value is -1.79. The fraction of sp³-hybridized carbons (Fsp3) is 0.529. The number of fused-ring (bicyclic) bond motifs is 1. The molecule has 5 nitrogen and oxygen atoms in total. The third-order valence-corrected chi connectivity index (χ3v) is 4.87. The van der Waals surface area contributed by atoms with Crippen LogP contribution in [0.25, 0.3) is 10.9 Å². The van der Waals surface area contributed by atoms with Gasteiger partial charge in [0.1, 0.15) is 18.0 Å². The first kappa shape index (κ1) is 14.8. The molecule has 1 aromatic carbocycles. The van der Waals surface area contributed by atoms with Gasteiger partial charge in [-0.1, -0.05) is 0 Å². The predicted octanol–water partition coefficient (Wildman–Crippen LogP) is 2.43. The summed E-state index contributed by atoms with van der Waals surface area (Å²) < 4.78 is 19.0. The first-order valence-corrected chi connectivity index (χ1v) is 8.28. The summed E-state index contributed by atoms with van der Waals surface area (Å²) in [5.41, 5.74) is 0.767.